The van der Waals surface area contributed by atoms with Gasteiger partial charge in [0.25, 0.3) is 0 Å². The molecule has 98 valence electrons. The van der Waals surface area contributed by atoms with Crippen LogP contribution in [0.3, 0.4) is 0 Å². The molecule has 3 nitrogen and oxygen atoms in total. The molecule has 0 radical (unpaired) electrons. The minimum Gasteiger partial charge on any atom is -0.457 e. The SMILES string of the molecule is Cc1ccccc1.Nc1cc(Cl)cc2c1COC2=O. The molecular weight excluding hydrogens is 262 g/mol. The molecule has 0 atom stereocenters. The highest BCUT2D eigenvalue weighted by Gasteiger charge is 2.23. The Morgan fingerprint density at radius 3 is 2.47 bits per heavy atom. The summed E-state index contributed by atoms with van der Waals surface area (Å²) in [6.07, 6.45) is 0. The lowest BCUT2D eigenvalue weighted by Gasteiger charge is -1.99. The Kier molecular flexibility index (Phi) is 4.07. The molecule has 2 aromatic carbocycles. The number of hydrogen-bond acceptors (Lipinski definition) is 3. The van der Waals surface area contributed by atoms with Gasteiger partial charge in [-0.1, -0.05) is 47.5 Å². The van der Waals surface area contributed by atoms with E-state index in [1.54, 1.807) is 12.1 Å². The van der Waals surface area contributed by atoms with E-state index in [4.69, 9.17) is 22.1 Å². The number of rotatable bonds is 0. The molecule has 2 aromatic rings. The molecule has 0 aromatic heterocycles. The summed E-state index contributed by atoms with van der Waals surface area (Å²) in [5, 5.41) is 0.463. The largest absolute Gasteiger partial charge is 0.457 e. The summed E-state index contributed by atoms with van der Waals surface area (Å²) in [7, 11) is 0. The van der Waals surface area contributed by atoms with Crippen molar-refractivity contribution in [3.05, 3.63) is 64.2 Å². The maximum absolute atomic E-state index is 11.0. The summed E-state index contributed by atoms with van der Waals surface area (Å²) in [4.78, 5) is 11.0. The molecule has 4 heteroatoms. The van der Waals surface area contributed by atoms with E-state index in [1.165, 1.54) is 5.56 Å². The summed E-state index contributed by atoms with van der Waals surface area (Å²) >= 11 is 5.71. The first-order valence-corrected chi connectivity index (χ1v) is 6.22. The van der Waals surface area contributed by atoms with Crippen LogP contribution in [-0.4, -0.2) is 5.97 Å². The van der Waals surface area contributed by atoms with Crippen molar-refractivity contribution < 1.29 is 9.53 Å². The normalized spacial score (nSPS) is 12.2. The molecule has 2 N–H and O–H groups in total. The van der Waals surface area contributed by atoms with Crippen molar-refractivity contribution >= 4 is 23.3 Å². The number of benzene rings is 2. The summed E-state index contributed by atoms with van der Waals surface area (Å²) in [5.74, 6) is -0.348. The number of aryl methyl sites for hydroxylation is 1. The average molecular weight is 276 g/mol. The number of anilines is 1. The van der Waals surface area contributed by atoms with Gasteiger partial charge in [-0.2, -0.15) is 0 Å². The van der Waals surface area contributed by atoms with Crippen LogP contribution in [0.5, 0.6) is 0 Å². The van der Waals surface area contributed by atoms with E-state index in [1.807, 2.05) is 18.2 Å². The fourth-order valence-corrected chi connectivity index (χ4v) is 1.98. The Morgan fingerprint density at radius 1 is 1.21 bits per heavy atom. The number of fused-ring (bicyclic) bond motifs is 1. The zero-order valence-corrected chi connectivity index (χ0v) is 11.3. The first kappa shape index (κ1) is 13.4. The number of nitrogen functional groups attached to an aromatic ring is 1. The molecular formula is C15H14ClNO2. The second-order valence-electron chi connectivity index (χ2n) is 4.25. The zero-order chi connectivity index (χ0) is 13.8. The van der Waals surface area contributed by atoms with Gasteiger partial charge in [-0.15, -0.1) is 0 Å². The van der Waals surface area contributed by atoms with Crippen LogP contribution in [0.1, 0.15) is 21.5 Å². The predicted octanol–water partition coefficient (Wildman–Crippen LogP) is 3.59. The fraction of sp³-hybridized carbons (Fsp3) is 0.133. The Morgan fingerprint density at radius 2 is 1.89 bits per heavy atom. The summed E-state index contributed by atoms with van der Waals surface area (Å²) in [6, 6.07) is 13.4. The van der Waals surface area contributed by atoms with Crippen molar-refractivity contribution in [2.24, 2.45) is 0 Å². The molecule has 0 aliphatic carbocycles. The van der Waals surface area contributed by atoms with Crippen molar-refractivity contribution in [3.63, 3.8) is 0 Å². The van der Waals surface area contributed by atoms with Gasteiger partial charge in [0, 0.05) is 16.3 Å². The van der Waals surface area contributed by atoms with E-state index in [9.17, 15) is 4.79 Å². The summed E-state index contributed by atoms with van der Waals surface area (Å²) in [6.45, 7) is 2.34. The topological polar surface area (TPSA) is 52.3 Å². The quantitative estimate of drug-likeness (QED) is 0.590. The Bertz CT molecular complexity index is 597. The van der Waals surface area contributed by atoms with Gasteiger partial charge < -0.3 is 10.5 Å². The minimum absolute atomic E-state index is 0.261. The van der Waals surface area contributed by atoms with Crippen molar-refractivity contribution in [3.8, 4) is 0 Å². The Hall–Kier alpha value is -2.00. The number of halogens is 1. The number of ether oxygens (including phenoxy) is 1. The number of cyclic esters (lactones) is 1. The second-order valence-corrected chi connectivity index (χ2v) is 4.69. The highest BCUT2D eigenvalue weighted by Crippen LogP contribution is 2.28. The standard InChI is InChI=1S/C8H6ClNO2.C7H8/c9-4-1-5-6(7(10)2-4)3-12-8(5)11;1-7-5-3-2-4-6-7/h1-2H,3,10H2;2-6H,1H3. The van der Waals surface area contributed by atoms with E-state index in [0.29, 0.717) is 16.3 Å². The molecule has 0 spiro atoms. The lowest BCUT2D eigenvalue weighted by atomic mass is 10.1. The van der Waals surface area contributed by atoms with E-state index in [0.717, 1.165) is 5.56 Å². The third-order valence-corrected chi connectivity index (χ3v) is 2.98. The number of hydrogen-bond donors (Lipinski definition) is 1. The average Bonchev–Trinajstić information content (AvgIpc) is 2.73. The van der Waals surface area contributed by atoms with Crippen LogP contribution in [0.4, 0.5) is 5.69 Å². The second kappa shape index (κ2) is 5.76. The van der Waals surface area contributed by atoms with E-state index < -0.39 is 0 Å². The van der Waals surface area contributed by atoms with Gasteiger partial charge in [-0.25, -0.2) is 4.79 Å². The predicted molar refractivity (Wildman–Crippen MR) is 76.2 cm³/mol. The molecule has 1 aliphatic heterocycles. The number of nitrogens with two attached hydrogens (primary N) is 1. The maximum atomic E-state index is 11.0. The highest BCUT2D eigenvalue weighted by atomic mass is 35.5. The molecule has 0 fully saturated rings. The third kappa shape index (κ3) is 3.26. The smallest absolute Gasteiger partial charge is 0.339 e. The summed E-state index contributed by atoms with van der Waals surface area (Å²) < 4.78 is 4.78. The van der Waals surface area contributed by atoms with Crippen molar-refractivity contribution in [2.45, 2.75) is 13.5 Å². The van der Waals surface area contributed by atoms with E-state index in [-0.39, 0.29) is 12.6 Å². The number of carbonyl (C=O) groups excluding carboxylic acids is 1. The molecule has 0 saturated carbocycles. The summed E-state index contributed by atoms with van der Waals surface area (Å²) in [5.41, 5.74) is 8.68. The van der Waals surface area contributed by atoms with E-state index >= 15 is 0 Å². The van der Waals surface area contributed by atoms with Crippen LogP contribution >= 0.6 is 11.6 Å². The first-order chi connectivity index (χ1) is 9.08. The molecule has 1 aliphatic rings. The Balaban J connectivity index is 0.000000163. The minimum atomic E-state index is -0.348. The molecule has 0 bridgehead atoms. The van der Waals surface area contributed by atoms with Crippen LogP contribution in [0.25, 0.3) is 0 Å². The Labute approximate surface area is 117 Å². The molecule has 0 amide bonds. The van der Waals surface area contributed by atoms with Crippen molar-refractivity contribution in [1.82, 2.24) is 0 Å². The van der Waals surface area contributed by atoms with Crippen LogP contribution in [-0.2, 0) is 11.3 Å². The molecule has 3 rings (SSSR count). The maximum Gasteiger partial charge on any atom is 0.339 e. The van der Waals surface area contributed by atoms with Gasteiger partial charge in [0.15, 0.2) is 0 Å². The monoisotopic (exact) mass is 275 g/mol. The van der Waals surface area contributed by atoms with Crippen LogP contribution < -0.4 is 5.73 Å². The lowest BCUT2D eigenvalue weighted by Crippen LogP contribution is -1.95. The van der Waals surface area contributed by atoms with Crippen LogP contribution in [0.2, 0.25) is 5.02 Å². The third-order valence-electron chi connectivity index (χ3n) is 2.76. The first-order valence-electron chi connectivity index (χ1n) is 5.84. The lowest BCUT2D eigenvalue weighted by molar-refractivity contribution is 0.0535. The zero-order valence-electron chi connectivity index (χ0n) is 10.5. The van der Waals surface area contributed by atoms with Crippen molar-refractivity contribution in [1.29, 1.82) is 0 Å². The van der Waals surface area contributed by atoms with E-state index in [2.05, 4.69) is 19.1 Å². The van der Waals surface area contributed by atoms with Gasteiger partial charge in [0.1, 0.15) is 6.61 Å². The van der Waals surface area contributed by atoms with Gasteiger partial charge in [0.2, 0.25) is 0 Å². The fourth-order valence-electron chi connectivity index (χ4n) is 1.75. The molecule has 0 unspecified atom stereocenters. The number of carbonyl (C=O) groups is 1. The van der Waals surface area contributed by atoms with Gasteiger partial charge in [-0.05, 0) is 19.1 Å². The highest BCUT2D eigenvalue weighted by molar-refractivity contribution is 6.31. The van der Waals surface area contributed by atoms with Crippen molar-refractivity contribution in [2.75, 3.05) is 5.73 Å². The molecule has 0 saturated heterocycles. The number of esters is 1. The van der Waals surface area contributed by atoms with Gasteiger partial charge >= 0.3 is 5.97 Å². The van der Waals surface area contributed by atoms with Gasteiger partial charge in [0.05, 0.1) is 5.56 Å². The van der Waals surface area contributed by atoms with Gasteiger partial charge in [-0.3, -0.25) is 0 Å². The van der Waals surface area contributed by atoms with Crippen LogP contribution in [0.15, 0.2) is 42.5 Å². The molecule has 1 heterocycles. The molecule has 19 heavy (non-hydrogen) atoms. The van der Waals surface area contributed by atoms with Crippen LogP contribution in [0, 0.1) is 6.92 Å².